The minimum Gasteiger partial charge on any atom is -0.380 e. The number of carbonyl (C=O) groups excluding carboxylic acids is 1. The standard InChI is InChI=1S/C19H18N4O/c1-14-5-2-3-7-17(14)19(24)23-18-9-8-16(13-22-18)21-12-15-6-4-10-20-11-15/h2-11,13,21H,12H2,1H3,(H,22,23,24). The molecule has 0 spiro atoms. The van der Waals surface area contributed by atoms with Crippen molar-refractivity contribution >= 4 is 17.4 Å². The van der Waals surface area contributed by atoms with Crippen LogP contribution in [0.5, 0.6) is 0 Å². The highest BCUT2D eigenvalue weighted by molar-refractivity contribution is 6.04. The molecule has 0 fully saturated rings. The molecule has 0 aliphatic rings. The van der Waals surface area contributed by atoms with Crippen LogP contribution in [0, 0.1) is 6.92 Å². The lowest BCUT2D eigenvalue weighted by molar-refractivity contribution is 0.102. The number of hydrogen-bond donors (Lipinski definition) is 2. The van der Waals surface area contributed by atoms with Crippen LogP contribution in [0.3, 0.4) is 0 Å². The first-order valence-corrected chi connectivity index (χ1v) is 7.68. The Morgan fingerprint density at radius 2 is 1.92 bits per heavy atom. The van der Waals surface area contributed by atoms with Crippen molar-refractivity contribution in [2.24, 2.45) is 0 Å². The predicted octanol–water partition coefficient (Wildman–Crippen LogP) is 3.65. The Morgan fingerprint density at radius 1 is 1.04 bits per heavy atom. The molecule has 2 N–H and O–H groups in total. The van der Waals surface area contributed by atoms with Crippen LogP contribution >= 0.6 is 0 Å². The maximum absolute atomic E-state index is 12.3. The van der Waals surface area contributed by atoms with E-state index in [4.69, 9.17) is 0 Å². The van der Waals surface area contributed by atoms with Gasteiger partial charge in [0, 0.05) is 24.5 Å². The molecule has 3 rings (SSSR count). The lowest BCUT2D eigenvalue weighted by Gasteiger charge is -2.09. The van der Waals surface area contributed by atoms with Crippen LogP contribution in [-0.4, -0.2) is 15.9 Å². The van der Waals surface area contributed by atoms with E-state index < -0.39 is 0 Å². The summed E-state index contributed by atoms with van der Waals surface area (Å²) in [5.74, 6) is 0.367. The molecule has 0 unspecified atom stereocenters. The number of anilines is 2. The van der Waals surface area contributed by atoms with Gasteiger partial charge in [0.2, 0.25) is 0 Å². The van der Waals surface area contributed by atoms with Crippen LogP contribution < -0.4 is 10.6 Å². The van der Waals surface area contributed by atoms with Crippen molar-refractivity contribution in [3.63, 3.8) is 0 Å². The number of rotatable bonds is 5. The summed E-state index contributed by atoms with van der Waals surface area (Å²) in [6.07, 6.45) is 5.26. The summed E-state index contributed by atoms with van der Waals surface area (Å²) >= 11 is 0. The highest BCUT2D eigenvalue weighted by atomic mass is 16.1. The van der Waals surface area contributed by atoms with E-state index in [1.54, 1.807) is 24.5 Å². The molecule has 0 saturated heterocycles. The molecule has 0 radical (unpaired) electrons. The zero-order valence-electron chi connectivity index (χ0n) is 13.4. The van der Waals surface area contributed by atoms with E-state index in [2.05, 4.69) is 20.6 Å². The van der Waals surface area contributed by atoms with Crippen molar-refractivity contribution in [3.05, 3.63) is 83.8 Å². The number of aromatic nitrogens is 2. The molecule has 5 heteroatoms. The van der Waals surface area contributed by atoms with E-state index in [1.165, 1.54) is 0 Å². The van der Waals surface area contributed by atoms with Crippen LogP contribution in [0.2, 0.25) is 0 Å². The van der Waals surface area contributed by atoms with E-state index in [0.29, 0.717) is 17.9 Å². The molecule has 1 amide bonds. The number of nitrogens with zero attached hydrogens (tertiary/aromatic N) is 2. The van der Waals surface area contributed by atoms with Gasteiger partial charge >= 0.3 is 0 Å². The minimum atomic E-state index is -0.156. The Balaban J connectivity index is 1.60. The Labute approximate surface area is 140 Å². The number of aryl methyl sites for hydroxylation is 1. The number of nitrogens with one attached hydrogen (secondary N) is 2. The summed E-state index contributed by atoms with van der Waals surface area (Å²) < 4.78 is 0. The van der Waals surface area contributed by atoms with E-state index >= 15 is 0 Å². The van der Waals surface area contributed by atoms with Crippen molar-refractivity contribution in [2.75, 3.05) is 10.6 Å². The first-order chi connectivity index (χ1) is 11.7. The summed E-state index contributed by atoms with van der Waals surface area (Å²) in [7, 11) is 0. The highest BCUT2D eigenvalue weighted by Crippen LogP contribution is 2.13. The first-order valence-electron chi connectivity index (χ1n) is 7.68. The van der Waals surface area contributed by atoms with Gasteiger partial charge in [-0.2, -0.15) is 0 Å². The zero-order chi connectivity index (χ0) is 16.8. The highest BCUT2D eigenvalue weighted by Gasteiger charge is 2.08. The quantitative estimate of drug-likeness (QED) is 0.753. The average molecular weight is 318 g/mol. The van der Waals surface area contributed by atoms with Crippen LogP contribution in [0.1, 0.15) is 21.5 Å². The smallest absolute Gasteiger partial charge is 0.257 e. The summed E-state index contributed by atoms with van der Waals surface area (Å²) in [5.41, 5.74) is 3.56. The van der Waals surface area contributed by atoms with E-state index in [-0.39, 0.29) is 5.91 Å². The van der Waals surface area contributed by atoms with Gasteiger partial charge < -0.3 is 10.6 Å². The van der Waals surface area contributed by atoms with Crippen molar-refractivity contribution in [1.29, 1.82) is 0 Å². The number of hydrogen-bond acceptors (Lipinski definition) is 4. The molecule has 2 aromatic heterocycles. The second-order valence-electron chi connectivity index (χ2n) is 5.42. The maximum atomic E-state index is 12.3. The van der Waals surface area contributed by atoms with Gasteiger partial charge in [-0.1, -0.05) is 24.3 Å². The molecule has 0 aliphatic carbocycles. The fourth-order valence-corrected chi connectivity index (χ4v) is 2.29. The molecule has 0 aliphatic heterocycles. The lowest BCUT2D eigenvalue weighted by Crippen LogP contribution is -2.14. The van der Waals surface area contributed by atoms with Gasteiger partial charge in [0.1, 0.15) is 5.82 Å². The molecule has 3 aromatic rings. The molecule has 1 aromatic carbocycles. The number of benzene rings is 1. The van der Waals surface area contributed by atoms with Crippen molar-refractivity contribution in [3.8, 4) is 0 Å². The van der Waals surface area contributed by atoms with Crippen molar-refractivity contribution < 1.29 is 4.79 Å². The third kappa shape index (κ3) is 3.95. The van der Waals surface area contributed by atoms with Crippen LogP contribution in [0.25, 0.3) is 0 Å². The van der Waals surface area contributed by atoms with Gasteiger partial charge in [0.25, 0.3) is 5.91 Å². The third-order valence-electron chi connectivity index (χ3n) is 3.61. The second kappa shape index (κ2) is 7.37. The van der Waals surface area contributed by atoms with E-state index in [1.807, 2.05) is 49.5 Å². The molecule has 120 valence electrons. The van der Waals surface area contributed by atoms with Crippen LogP contribution in [-0.2, 0) is 6.54 Å². The van der Waals surface area contributed by atoms with E-state index in [0.717, 1.165) is 16.8 Å². The molecule has 0 atom stereocenters. The Morgan fingerprint density at radius 3 is 2.62 bits per heavy atom. The molecule has 24 heavy (non-hydrogen) atoms. The topological polar surface area (TPSA) is 66.9 Å². The van der Waals surface area contributed by atoms with Gasteiger partial charge in [-0.3, -0.25) is 9.78 Å². The van der Waals surface area contributed by atoms with Gasteiger partial charge in [-0.25, -0.2) is 4.98 Å². The second-order valence-corrected chi connectivity index (χ2v) is 5.42. The van der Waals surface area contributed by atoms with Crippen molar-refractivity contribution in [2.45, 2.75) is 13.5 Å². The van der Waals surface area contributed by atoms with Gasteiger partial charge in [0.05, 0.1) is 11.9 Å². The number of carbonyl (C=O) groups is 1. The molecule has 5 nitrogen and oxygen atoms in total. The summed E-state index contributed by atoms with van der Waals surface area (Å²) in [5, 5.41) is 6.08. The molecule has 2 heterocycles. The Hall–Kier alpha value is -3.21. The molecular weight excluding hydrogens is 300 g/mol. The molecular formula is C19H18N4O. The fourth-order valence-electron chi connectivity index (χ4n) is 2.29. The van der Waals surface area contributed by atoms with E-state index in [9.17, 15) is 4.79 Å². The predicted molar refractivity (Wildman–Crippen MR) is 94.9 cm³/mol. The largest absolute Gasteiger partial charge is 0.380 e. The summed E-state index contributed by atoms with van der Waals surface area (Å²) in [4.78, 5) is 20.6. The monoisotopic (exact) mass is 318 g/mol. The maximum Gasteiger partial charge on any atom is 0.257 e. The van der Waals surface area contributed by atoms with Crippen LogP contribution in [0.15, 0.2) is 67.1 Å². The SMILES string of the molecule is Cc1ccccc1C(=O)Nc1ccc(NCc2cccnc2)cn1. The molecule has 0 saturated carbocycles. The first kappa shape index (κ1) is 15.7. The fraction of sp³-hybridized carbons (Fsp3) is 0.105. The van der Waals surface area contributed by atoms with Gasteiger partial charge in [-0.05, 0) is 42.3 Å². The Bertz CT molecular complexity index is 816. The average Bonchev–Trinajstić information content (AvgIpc) is 2.62. The van der Waals surface area contributed by atoms with Gasteiger partial charge in [0.15, 0.2) is 0 Å². The van der Waals surface area contributed by atoms with Crippen LogP contribution in [0.4, 0.5) is 11.5 Å². The Kier molecular flexibility index (Phi) is 4.81. The lowest BCUT2D eigenvalue weighted by atomic mass is 10.1. The molecule has 0 bridgehead atoms. The normalized spacial score (nSPS) is 10.2. The summed E-state index contributed by atoms with van der Waals surface area (Å²) in [6.45, 7) is 2.58. The minimum absolute atomic E-state index is 0.156. The van der Waals surface area contributed by atoms with Gasteiger partial charge in [-0.15, -0.1) is 0 Å². The third-order valence-corrected chi connectivity index (χ3v) is 3.61. The number of pyridine rings is 2. The number of amides is 1. The zero-order valence-corrected chi connectivity index (χ0v) is 13.4. The van der Waals surface area contributed by atoms with Crippen molar-refractivity contribution in [1.82, 2.24) is 9.97 Å². The summed E-state index contributed by atoms with van der Waals surface area (Å²) in [6, 6.07) is 15.0.